The number of carbonyl (C=O) groups is 1. The molecule has 15 heavy (non-hydrogen) atoms. The highest BCUT2D eigenvalue weighted by atomic mass is 16.3. The van der Waals surface area contributed by atoms with E-state index in [1.807, 2.05) is 55.4 Å². The normalized spacial score (nSPS) is 16.3. The van der Waals surface area contributed by atoms with Gasteiger partial charge in [-0.25, -0.2) is 0 Å². The van der Waals surface area contributed by atoms with Gasteiger partial charge in [-0.05, 0) is 5.41 Å². The predicted octanol–water partition coefficient (Wildman–Crippen LogP) is 3.03. The van der Waals surface area contributed by atoms with Crippen molar-refractivity contribution in [3.63, 3.8) is 0 Å². The second-order valence-electron chi connectivity index (χ2n) is 6.99. The minimum atomic E-state index is -0.905. The molecule has 90 valence electrons. The summed E-state index contributed by atoms with van der Waals surface area (Å²) in [6.45, 7) is 15.6. The third-order valence-electron chi connectivity index (χ3n) is 3.60. The minimum absolute atomic E-state index is 0.0811. The zero-order valence-corrected chi connectivity index (χ0v) is 11.4. The lowest BCUT2D eigenvalue weighted by atomic mass is 9.63. The van der Waals surface area contributed by atoms with Gasteiger partial charge in [0.05, 0.1) is 0 Å². The van der Waals surface area contributed by atoms with Gasteiger partial charge in [-0.1, -0.05) is 55.4 Å². The highest BCUT2D eigenvalue weighted by Crippen LogP contribution is 2.42. The first kappa shape index (κ1) is 14.6. The predicted molar refractivity (Wildman–Crippen MR) is 63.7 cm³/mol. The fraction of sp³-hybridized carbons (Fsp3) is 0.923. The molecular weight excluding hydrogens is 188 g/mol. The summed E-state index contributed by atoms with van der Waals surface area (Å²) in [5, 5.41) is 10.2. The molecule has 0 spiro atoms. The van der Waals surface area contributed by atoms with E-state index in [0.717, 1.165) is 0 Å². The first-order valence-corrected chi connectivity index (χ1v) is 5.54. The summed E-state index contributed by atoms with van der Waals surface area (Å²) in [5.41, 5.74) is -1.01. The van der Waals surface area contributed by atoms with Crippen molar-refractivity contribution >= 4 is 5.78 Å². The molecule has 0 bridgehead atoms. The Balaban J connectivity index is 5.03. The topological polar surface area (TPSA) is 37.3 Å². The van der Waals surface area contributed by atoms with Crippen LogP contribution in [0.3, 0.4) is 0 Å². The molecule has 0 aromatic heterocycles. The number of carbonyl (C=O) groups excluding carboxylic acids is 1. The molecule has 0 fully saturated rings. The van der Waals surface area contributed by atoms with Crippen LogP contribution >= 0.6 is 0 Å². The summed E-state index contributed by atoms with van der Waals surface area (Å²) in [4.78, 5) is 12.0. The summed E-state index contributed by atoms with van der Waals surface area (Å²) in [6, 6.07) is 0. The van der Waals surface area contributed by atoms with Gasteiger partial charge in [0.25, 0.3) is 0 Å². The molecule has 0 aromatic rings. The Bertz CT molecular complexity index is 238. The van der Waals surface area contributed by atoms with E-state index < -0.39 is 16.9 Å². The third-order valence-corrected chi connectivity index (χ3v) is 3.60. The van der Waals surface area contributed by atoms with Gasteiger partial charge in [0.2, 0.25) is 0 Å². The van der Waals surface area contributed by atoms with E-state index in [0.29, 0.717) is 0 Å². The van der Waals surface area contributed by atoms with Crippen molar-refractivity contribution in [1.29, 1.82) is 0 Å². The maximum Gasteiger partial charge on any atom is 0.167 e. The van der Waals surface area contributed by atoms with Gasteiger partial charge in [-0.15, -0.1) is 0 Å². The van der Waals surface area contributed by atoms with Crippen LogP contribution in [0.2, 0.25) is 0 Å². The van der Waals surface area contributed by atoms with Gasteiger partial charge in [-0.2, -0.15) is 0 Å². The third kappa shape index (κ3) is 3.04. The van der Waals surface area contributed by atoms with Crippen molar-refractivity contribution in [2.45, 2.75) is 61.5 Å². The van der Waals surface area contributed by atoms with Gasteiger partial charge in [0.15, 0.2) is 5.78 Å². The van der Waals surface area contributed by atoms with Gasteiger partial charge >= 0.3 is 0 Å². The molecule has 0 aliphatic rings. The molecule has 0 saturated carbocycles. The summed E-state index contributed by atoms with van der Waals surface area (Å²) < 4.78 is 0. The van der Waals surface area contributed by atoms with Gasteiger partial charge in [0, 0.05) is 10.8 Å². The standard InChI is InChI=1S/C13H26O2/c1-11(2,3)9(14)10(15)13(7,8)12(4,5)6/h10,15H,1-8H3/t10-/m1/s1. The lowest BCUT2D eigenvalue weighted by Crippen LogP contribution is -2.48. The first-order valence-electron chi connectivity index (χ1n) is 5.54. The molecule has 0 heterocycles. The van der Waals surface area contributed by atoms with E-state index in [1.165, 1.54) is 0 Å². The molecular formula is C13H26O2. The Morgan fingerprint density at radius 1 is 0.933 bits per heavy atom. The Labute approximate surface area is 94.1 Å². The van der Waals surface area contributed by atoms with Crippen LogP contribution in [-0.4, -0.2) is 17.0 Å². The molecule has 1 N–H and O–H groups in total. The largest absolute Gasteiger partial charge is 0.385 e. The quantitative estimate of drug-likeness (QED) is 0.767. The van der Waals surface area contributed by atoms with Crippen LogP contribution in [0.4, 0.5) is 0 Å². The lowest BCUT2D eigenvalue weighted by molar-refractivity contribution is -0.146. The van der Waals surface area contributed by atoms with Gasteiger partial charge < -0.3 is 5.11 Å². The van der Waals surface area contributed by atoms with Crippen molar-refractivity contribution in [2.75, 3.05) is 0 Å². The van der Waals surface area contributed by atoms with E-state index in [9.17, 15) is 9.90 Å². The van der Waals surface area contributed by atoms with Crippen LogP contribution < -0.4 is 0 Å². The average Bonchev–Trinajstić information content (AvgIpc) is 1.97. The smallest absolute Gasteiger partial charge is 0.167 e. The summed E-state index contributed by atoms with van der Waals surface area (Å²) in [6.07, 6.45) is -0.905. The fourth-order valence-electron chi connectivity index (χ4n) is 1.15. The molecule has 0 amide bonds. The molecule has 0 saturated heterocycles. The van der Waals surface area contributed by atoms with Crippen molar-refractivity contribution < 1.29 is 9.90 Å². The Kier molecular flexibility index (Phi) is 3.80. The number of rotatable bonds is 2. The molecule has 0 radical (unpaired) electrons. The molecule has 1 atom stereocenters. The van der Waals surface area contributed by atoms with E-state index in [-0.39, 0.29) is 11.2 Å². The van der Waals surface area contributed by atoms with Gasteiger partial charge in [-0.3, -0.25) is 4.79 Å². The molecule has 2 heteroatoms. The van der Waals surface area contributed by atoms with Crippen LogP contribution in [0.5, 0.6) is 0 Å². The van der Waals surface area contributed by atoms with Crippen LogP contribution in [0.1, 0.15) is 55.4 Å². The molecule has 0 aliphatic carbocycles. The van der Waals surface area contributed by atoms with Crippen LogP contribution in [0.25, 0.3) is 0 Å². The van der Waals surface area contributed by atoms with Crippen molar-refractivity contribution in [3.05, 3.63) is 0 Å². The molecule has 0 rings (SSSR count). The minimum Gasteiger partial charge on any atom is -0.385 e. The summed E-state index contributed by atoms with van der Waals surface area (Å²) in [7, 11) is 0. The Hall–Kier alpha value is -0.370. The van der Waals surface area contributed by atoms with Gasteiger partial charge in [0.1, 0.15) is 6.10 Å². The van der Waals surface area contributed by atoms with Crippen LogP contribution in [0.15, 0.2) is 0 Å². The molecule has 0 aromatic carbocycles. The summed E-state index contributed by atoms with van der Waals surface area (Å²) in [5.74, 6) is -0.0811. The van der Waals surface area contributed by atoms with Crippen LogP contribution in [-0.2, 0) is 4.79 Å². The zero-order valence-electron chi connectivity index (χ0n) is 11.4. The first-order chi connectivity index (χ1) is 6.32. The number of aliphatic hydroxyl groups excluding tert-OH is 1. The number of Topliss-reactive ketones (excluding diaryl/α,β-unsaturated/α-hetero) is 1. The van der Waals surface area contributed by atoms with Crippen LogP contribution in [0, 0.1) is 16.2 Å². The maximum absolute atomic E-state index is 12.0. The van der Waals surface area contributed by atoms with Crippen molar-refractivity contribution in [3.8, 4) is 0 Å². The van der Waals surface area contributed by atoms with E-state index >= 15 is 0 Å². The van der Waals surface area contributed by atoms with E-state index in [4.69, 9.17) is 0 Å². The molecule has 0 unspecified atom stereocenters. The average molecular weight is 214 g/mol. The molecule has 2 nitrogen and oxygen atoms in total. The van der Waals surface area contributed by atoms with E-state index in [2.05, 4.69) is 0 Å². The van der Waals surface area contributed by atoms with Crippen molar-refractivity contribution in [2.24, 2.45) is 16.2 Å². The summed E-state index contributed by atoms with van der Waals surface area (Å²) >= 11 is 0. The Morgan fingerprint density at radius 2 is 1.27 bits per heavy atom. The number of ketones is 1. The second-order valence-corrected chi connectivity index (χ2v) is 6.99. The van der Waals surface area contributed by atoms with Crippen molar-refractivity contribution in [1.82, 2.24) is 0 Å². The highest BCUT2D eigenvalue weighted by molar-refractivity contribution is 5.88. The second kappa shape index (κ2) is 3.89. The highest BCUT2D eigenvalue weighted by Gasteiger charge is 2.45. The zero-order chi connectivity index (χ0) is 12.7. The number of aliphatic hydroxyl groups is 1. The number of hydrogen-bond acceptors (Lipinski definition) is 2. The monoisotopic (exact) mass is 214 g/mol. The Morgan fingerprint density at radius 3 is 1.47 bits per heavy atom. The SMILES string of the molecule is CC(C)(C)C(=O)[C@@H](O)C(C)(C)C(C)(C)C. The number of hydrogen-bond donors (Lipinski definition) is 1. The van der Waals surface area contributed by atoms with E-state index in [1.54, 1.807) is 0 Å². The lowest BCUT2D eigenvalue weighted by Gasteiger charge is -2.43. The molecule has 0 aliphatic heterocycles. The maximum atomic E-state index is 12.0. The fourth-order valence-corrected chi connectivity index (χ4v) is 1.15.